The van der Waals surface area contributed by atoms with Crippen LogP contribution in [0, 0.1) is 0 Å². The Labute approximate surface area is 152 Å². The molecule has 1 aliphatic carbocycles. The van der Waals surface area contributed by atoms with Crippen LogP contribution in [0.25, 0.3) is 0 Å². The summed E-state index contributed by atoms with van der Waals surface area (Å²) < 4.78 is 37.0. The maximum atomic E-state index is 12.3. The molecule has 0 heterocycles. The number of carbonyl (C=O) groups excluding carboxylic acids is 2. The summed E-state index contributed by atoms with van der Waals surface area (Å²) in [5.74, 6) is -0.662. The van der Waals surface area contributed by atoms with Crippen LogP contribution in [-0.2, 0) is 0 Å². The highest BCUT2D eigenvalue weighted by Gasteiger charge is 2.29. The van der Waals surface area contributed by atoms with E-state index in [0.717, 1.165) is 12.8 Å². The summed E-state index contributed by atoms with van der Waals surface area (Å²) in [4.78, 5) is 24.3. The fourth-order valence-corrected chi connectivity index (χ4v) is 2.79. The topological polar surface area (TPSA) is 58.2 Å². The van der Waals surface area contributed by atoms with Gasteiger partial charge in [0.05, 0.1) is 0 Å². The van der Waals surface area contributed by atoms with Crippen molar-refractivity contribution >= 4 is 29.3 Å². The van der Waals surface area contributed by atoms with Gasteiger partial charge in [-0.2, -0.15) is 13.2 Å². The van der Waals surface area contributed by atoms with Gasteiger partial charge < -0.3 is 10.6 Å². The van der Waals surface area contributed by atoms with Crippen molar-refractivity contribution in [2.45, 2.75) is 29.3 Å². The number of rotatable bonds is 5. The van der Waals surface area contributed by atoms with Crippen LogP contribution in [0.15, 0.2) is 53.4 Å². The number of nitrogens with one attached hydrogen (secondary N) is 2. The number of amides is 2. The Bertz CT molecular complexity index is 818. The van der Waals surface area contributed by atoms with Gasteiger partial charge in [-0.25, -0.2) is 0 Å². The van der Waals surface area contributed by atoms with Gasteiger partial charge in [-0.1, -0.05) is 6.07 Å². The molecule has 0 aliphatic heterocycles. The van der Waals surface area contributed by atoms with Crippen molar-refractivity contribution in [3.63, 3.8) is 0 Å². The number of benzene rings is 2. The maximum Gasteiger partial charge on any atom is 0.446 e. The van der Waals surface area contributed by atoms with Crippen molar-refractivity contribution < 1.29 is 22.8 Å². The Kier molecular flexibility index (Phi) is 5.22. The first-order chi connectivity index (χ1) is 12.3. The lowest BCUT2D eigenvalue weighted by atomic mass is 10.1. The molecule has 1 fully saturated rings. The molecule has 0 aromatic heterocycles. The van der Waals surface area contributed by atoms with Crippen LogP contribution in [0.2, 0.25) is 0 Å². The Morgan fingerprint density at radius 1 is 0.962 bits per heavy atom. The van der Waals surface area contributed by atoms with Gasteiger partial charge >= 0.3 is 5.51 Å². The van der Waals surface area contributed by atoms with Gasteiger partial charge in [0.25, 0.3) is 11.8 Å². The zero-order chi connectivity index (χ0) is 18.7. The molecule has 4 nitrogen and oxygen atoms in total. The first-order valence-corrected chi connectivity index (χ1v) is 8.70. The molecule has 2 aromatic carbocycles. The fourth-order valence-electron chi connectivity index (χ4n) is 2.25. The lowest BCUT2D eigenvalue weighted by Gasteiger charge is -2.09. The number of anilines is 1. The molecule has 0 radical (unpaired) electrons. The molecule has 0 atom stereocenters. The summed E-state index contributed by atoms with van der Waals surface area (Å²) in [5.41, 5.74) is -3.27. The van der Waals surface area contributed by atoms with Crippen LogP contribution in [0.3, 0.4) is 0 Å². The number of halogens is 3. The van der Waals surface area contributed by atoms with Crippen molar-refractivity contribution in [2.24, 2.45) is 0 Å². The Morgan fingerprint density at radius 2 is 1.65 bits per heavy atom. The average Bonchev–Trinajstić information content (AvgIpc) is 3.38. The van der Waals surface area contributed by atoms with Gasteiger partial charge in [0, 0.05) is 27.8 Å². The quantitative estimate of drug-likeness (QED) is 0.754. The van der Waals surface area contributed by atoms with E-state index in [9.17, 15) is 22.8 Å². The van der Waals surface area contributed by atoms with Crippen LogP contribution in [-0.4, -0.2) is 23.4 Å². The first-order valence-electron chi connectivity index (χ1n) is 7.88. The molecule has 2 aromatic rings. The van der Waals surface area contributed by atoms with E-state index in [1.54, 1.807) is 24.3 Å². The standard InChI is InChI=1S/C18H15F3N2O2S/c19-18(20,21)26-15-8-4-11(5-9-15)16(24)23-14-3-1-2-12(10-14)17(25)22-13-6-7-13/h1-5,8-10,13H,6-7H2,(H,22,25)(H,23,24). The van der Waals surface area contributed by atoms with Crippen LogP contribution in [0.5, 0.6) is 0 Å². The number of carbonyl (C=O) groups is 2. The normalized spacial score (nSPS) is 14.0. The first kappa shape index (κ1) is 18.3. The van der Waals surface area contributed by atoms with E-state index in [0.29, 0.717) is 11.3 Å². The minimum Gasteiger partial charge on any atom is -0.349 e. The van der Waals surface area contributed by atoms with Gasteiger partial charge in [-0.3, -0.25) is 9.59 Å². The Morgan fingerprint density at radius 3 is 2.27 bits per heavy atom. The zero-order valence-electron chi connectivity index (χ0n) is 13.5. The molecule has 26 heavy (non-hydrogen) atoms. The summed E-state index contributed by atoms with van der Waals surface area (Å²) in [6.45, 7) is 0. The Balaban J connectivity index is 1.64. The second-order valence-corrected chi connectivity index (χ2v) is 6.99. The van der Waals surface area contributed by atoms with Crippen molar-refractivity contribution in [1.82, 2.24) is 5.32 Å². The monoisotopic (exact) mass is 380 g/mol. The number of hydrogen-bond acceptors (Lipinski definition) is 3. The summed E-state index contributed by atoms with van der Waals surface area (Å²) in [6, 6.07) is 11.9. The number of hydrogen-bond donors (Lipinski definition) is 2. The molecule has 0 unspecified atom stereocenters. The molecule has 0 spiro atoms. The number of alkyl halides is 3. The third kappa shape index (κ3) is 5.26. The highest BCUT2D eigenvalue weighted by atomic mass is 32.2. The molecular weight excluding hydrogens is 365 g/mol. The van der Waals surface area contributed by atoms with E-state index in [1.807, 2.05) is 0 Å². The van der Waals surface area contributed by atoms with Gasteiger partial charge in [-0.15, -0.1) is 0 Å². The lowest BCUT2D eigenvalue weighted by Crippen LogP contribution is -2.25. The average molecular weight is 380 g/mol. The molecule has 8 heteroatoms. The largest absolute Gasteiger partial charge is 0.446 e. The van der Waals surface area contributed by atoms with Crippen molar-refractivity contribution in [1.29, 1.82) is 0 Å². The van der Waals surface area contributed by atoms with Crippen LogP contribution >= 0.6 is 11.8 Å². The fraction of sp³-hybridized carbons (Fsp3) is 0.222. The molecule has 0 bridgehead atoms. The van der Waals surface area contributed by atoms with E-state index < -0.39 is 11.4 Å². The maximum absolute atomic E-state index is 12.3. The summed E-state index contributed by atoms with van der Waals surface area (Å²) in [6.07, 6.45) is 1.95. The van der Waals surface area contributed by atoms with Gasteiger partial charge in [0.15, 0.2) is 0 Å². The lowest BCUT2D eigenvalue weighted by molar-refractivity contribution is -0.0328. The molecule has 2 N–H and O–H groups in total. The van der Waals surface area contributed by atoms with Gasteiger partial charge in [0.2, 0.25) is 0 Å². The highest BCUT2D eigenvalue weighted by molar-refractivity contribution is 8.00. The third-order valence-electron chi connectivity index (χ3n) is 3.65. The highest BCUT2D eigenvalue weighted by Crippen LogP contribution is 2.36. The second-order valence-electron chi connectivity index (χ2n) is 5.85. The summed E-state index contributed by atoms with van der Waals surface area (Å²) in [7, 11) is 0. The molecular formula is C18H15F3N2O2S. The van der Waals surface area contributed by atoms with Crippen LogP contribution < -0.4 is 10.6 Å². The second kappa shape index (κ2) is 7.41. The van der Waals surface area contributed by atoms with E-state index in [1.165, 1.54) is 24.3 Å². The minimum absolute atomic E-state index is 0.00722. The smallest absolute Gasteiger partial charge is 0.349 e. The van der Waals surface area contributed by atoms with Gasteiger partial charge in [-0.05, 0) is 67.1 Å². The third-order valence-corrected chi connectivity index (χ3v) is 4.38. The van der Waals surface area contributed by atoms with Crippen molar-refractivity contribution in [3.05, 3.63) is 59.7 Å². The molecule has 3 rings (SSSR count). The van der Waals surface area contributed by atoms with E-state index in [2.05, 4.69) is 10.6 Å². The van der Waals surface area contributed by atoms with E-state index in [4.69, 9.17) is 0 Å². The number of thioether (sulfide) groups is 1. The minimum atomic E-state index is -4.37. The predicted molar refractivity (Wildman–Crippen MR) is 93.2 cm³/mol. The molecule has 0 saturated heterocycles. The van der Waals surface area contributed by atoms with Gasteiger partial charge in [0.1, 0.15) is 0 Å². The van der Waals surface area contributed by atoms with Crippen LogP contribution in [0.1, 0.15) is 33.6 Å². The predicted octanol–water partition coefficient (Wildman–Crippen LogP) is 4.44. The van der Waals surface area contributed by atoms with Crippen molar-refractivity contribution in [2.75, 3.05) is 5.32 Å². The molecule has 1 aliphatic rings. The molecule has 136 valence electrons. The summed E-state index contributed by atoms with van der Waals surface area (Å²) >= 11 is -0.236. The van der Waals surface area contributed by atoms with E-state index in [-0.39, 0.29) is 34.2 Å². The molecule has 2 amide bonds. The van der Waals surface area contributed by atoms with Crippen molar-refractivity contribution in [3.8, 4) is 0 Å². The van der Waals surface area contributed by atoms with Crippen LogP contribution in [0.4, 0.5) is 18.9 Å². The zero-order valence-corrected chi connectivity index (χ0v) is 14.3. The SMILES string of the molecule is O=C(Nc1cccc(C(=O)NC2CC2)c1)c1ccc(SC(F)(F)F)cc1. The molecule has 1 saturated carbocycles. The van der Waals surface area contributed by atoms with E-state index >= 15 is 0 Å². The Hall–Kier alpha value is -2.48. The summed E-state index contributed by atoms with van der Waals surface area (Å²) in [5, 5.41) is 5.50.